The fourth-order valence-corrected chi connectivity index (χ4v) is 4.20. The highest BCUT2D eigenvalue weighted by Gasteiger charge is 2.32. The molecule has 4 nitrogen and oxygen atoms in total. The van der Waals surface area contributed by atoms with Crippen molar-refractivity contribution in [3.05, 3.63) is 35.6 Å². The molecule has 0 amide bonds. The number of guanidine groups is 1. The summed E-state index contributed by atoms with van der Waals surface area (Å²) in [4.78, 5) is 4.82. The van der Waals surface area contributed by atoms with E-state index in [4.69, 9.17) is 9.73 Å². The second-order valence-electron chi connectivity index (χ2n) is 6.23. The van der Waals surface area contributed by atoms with Crippen LogP contribution in [0.25, 0.3) is 0 Å². The first kappa shape index (κ1) is 20.0. The van der Waals surface area contributed by atoms with Crippen LogP contribution in [0, 0.1) is 5.82 Å². The fraction of sp³-hybridized carbons (Fsp3) is 0.632. The summed E-state index contributed by atoms with van der Waals surface area (Å²) in [6.07, 6.45) is 2.88. The molecule has 2 rings (SSSR count). The molecule has 0 aliphatic carbocycles. The van der Waals surface area contributed by atoms with Crippen molar-refractivity contribution in [3.63, 3.8) is 0 Å². The Kier molecular flexibility index (Phi) is 8.55. The predicted octanol–water partition coefficient (Wildman–Crippen LogP) is 3.23. The first-order valence-corrected chi connectivity index (χ1v) is 10.1. The largest absolute Gasteiger partial charge is 0.381 e. The van der Waals surface area contributed by atoms with E-state index >= 15 is 0 Å². The number of nitrogens with one attached hydrogen (secondary N) is 2. The van der Waals surface area contributed by atoms with Gasteiger partial charge < -0.3 is 15.4 Å². The monoisotopic (exact) mass is 367 g/mol. The molecule has 0 aromatic heterocycles. The Morgan fingerprint density at radius 1 is 1.28 bits per heavy atom. The highest BCUT2D eigenvalue weighted by Crippen LogP contribution is 2.35. The van der Waals surface area contributed by atoms with E-state index in [0.29, 0.717) is 0 Å². The van der Waals surface area contributed by atoms with Crippen molar-refractivity contribution >= 4 is 17.7 Å². The molecule has 25 heavy (non-hydrogen) atoms. The van der Waals surface area contributed by atoms with Crippen LogP contribution < -0.4 is 10.6 Å². The topological polar surface area (TPSA) is 45.7 Å². The van der Waals surface area contributed by atoms with E-state index in [9.17, 15) is 4.39 Å². The zero-order valence-corrected chi connectivity index (χ0v) is 16.1. The van der Waals surface area contributed by atoms with Crippen LogP contribution in [-0.2, 0) is 11.2 Å². The van der Waals surface area contributed by atoms with Gasteiger partial charge in [0, 0.05) is 31.1 Å². The highest BCUT2D eigenvalue weighted by atomic mass is 32.2. The molecular formula is C19H30FN3OS. The summed E-state index contributed by atoms with van der Waals surface area (Å²) in [5.41, 5.74) is 0.991. The van der Waals surface area contributed by atoms with Gasteiger partial charge in [0.15, 0.2) is 5.96 Å². The molecule has 1 saturated heterocycles. The van der Waals surface area contributed by atoms with E-state index in [1.807, 2.05) is 17.8 Å². The van der Waals surface area contributed by atoms with Gasteiger partial charge in [-0.1, -0.05) is 19.1 Å². The van der Waals surface area contributed by atoms with Gasteiger partial charge in [-0.3, -0.25) is 4.99 Å². The summed E-state index contributed by atoms with van der Waals surface area (Å²) in [6.45, 7) is 8.26. The second kappa shape index (κ2) is 10.7. The molecule has 0 unspecified atom stereocenters. The number of halogens is 1. The molecule has 0 atom stereocenters. The fourth-order valence-electron chi connectivity index (χ4n) is 2.98. The molecule has 2 N–H and O–H groups in total. The van der Waals surface area contributed by atoms with E-state index in [1.165, 1.54) is 6.07 Å². The first-order valence-electron chi connectivity index (χ1n) is 9.16. The Morgan fingerprint density at radius 3 is 2.76 bits per heavy atom. The molecule has 0 bridgehead atoms. The maximum absolute atomic E-state index is 13.2. The molecule has 1 aromatic rings. The Hall–Kier alpha value is -1.27. The zero-order chi connectivity index (χ0) is 18.0. The average molecular weight is 368 g/mol. The molecule has 1 fully saturated rings. The van der Waals surface area contributed by atoms with Crippen LogP contribution in [0.2, 0.25) is 0 Å². The Balaban J connectivity index is 1.90. The molecule has 0 radical (unpaired) electrons. The Morgan fingerprint density at radius 2 is 2.08 bits per heavy atom. The lowest BCUT2D eigenvalue weighted by atomic mass is 9.99. The van der Waals surface area contributed by atoms with Crippen LogP contribution in [0.15, 0.2) is 29.3 Å². The molecule has 6 heteroatoms. The van der Waals surface area contributed by atoms with Crippen molar-refractivity contribution in [3.8, 4) is 0 Å². The molecule has 1 aliphatic heterocycles. The Labute approximate surface area is 155 Å². The standard InChI is InChI=1S/C19H30FN3OS/c1-3-21-18(22-11-8-16-6-5-7-17(20)14-16)23-15-19(25-4-2)9-12-24-13-10-19/h5-7,14H,3-4,8-13,15H2,1-2H3,(H2,21,22,23). The van der Waals surface area contributed by atoms with Crippen LogP contribution in [-0.4, -0.2) is 49.3 Å². The van der Waals surface area contributed by atoms with E-state index in [2.05, 4.69) is 24.5 Å². The van der Waals surface area contributed by atoms with Crippen molar-refractivity contribution < 1.29 is 9.13 Å². The average Bonchev–Trinajstić information content (AvgIpc) is 2.61. The highest BCUT2D eigenvalue weighted by molar-refractivity contribution is 8.00. The number of thioether (sulfide) groups is 1. The third-order valence-electron chi connectivity index (χ3n) is 4.32. The van der Waals surface area contributed by atoms with Crippen molar-refractivity contribution in [1.82, 2.24) is 10.6 Å². The number of ether oxygens (including phenoxy) is 1. The summed E-state index contributed by atoms with van der Waals surface area (Å²) in [5, 5.41) is 6.67. The minimum absolute atomic E-state index is 0.184. The number of rotatable bonds is 8. The number of benzene rings is 1. The van der Waals surface area contributed by atoms with Gasteiger partial charge in [-0.2, -0.15) is 11.8 Å². The van der Waals surface area contributed by atoms with Gasteiger partial charge in [0.05, 0.1) is 6.54 Å². The molecule has 1 aromatic carbocycles. The van der Waals surface area contributed by atoms with Gasteiger partial charge in [0.2, 0.25) is 0 Å². The van der Waals surface area contributed by atoms with Gasteiger partial charge in [0.25, 0.3) is 0 Å². The Bertz CT molecular complexity index is 542. The minimum Gasteiger partial charge on any atom is -0.381 e. The van der Waals surface area contributed by atoms with Gasteiger partial charge in [-0.05, 0) is 49.6 Å². The quantitative estimate of drug-likeness (QED) is 0.547. The van der Waals surface area contributed by atoms with E-state index in [0.717, 1.165) is 69.4 Å². The van der Waals surface area contributed by atoms with E-state index in [-0.39, 0.29) is 10.6 Å². The normalized spacial score (nSPS) is 17.3. The van der Waals surface area contributed by atoms with Crippen LogP contribution in [0.5, 0.6) is 0 Å². The molecule has 1 heterocycles. The van der Waals surface area contributed by atoms with Crippen molar-refractivity contribution in [1.29, 1.82) is 0 Å². The molecule has 0 spiro atoms. The molecular weight excluding hydrogens is 337 g/mol. The minimum atomic E-state index is -0.184. The lowest BCUT2D eigenvalue weighted by Crippen LogP contribution is -2.41. The van der Waals surface area contributed by atoms with E-state index in [1.54, 1.807) is 12.1 Å². The van der Waals surface area contributed by atoms with Crippen LogP contribution >= 0.6 is 11.8 Å². The first-order chi connectivity index (χ1) is 12.2. The lowest BCUT2D eigenvalue weighted by molar-refractivity contribution is 0.0793. The molecule has 1 aliphatic rings. The summed E-state index contributed by atoms with van der Waals surface area (Å²) >= 11 is 2.00. The number of hydrogen-bond donors (Lipinski definition) is 2. The van der Waals surface area contributed by atoms with Crippen molar-refractivity contribution in [2.45, 2.75) is 37.9 Å². The number of aliphatic imine (C=N–C) groups is 1. The van der Waals surface area contributed by atoms with Crippen LogP contribution in [0.3, 0.4) is 0 Å². The SMILES string of the molecule is CCNC(=NCC1(SCC)CCOCC1)NCCc1cccc(F)c1. The maximum Gasteiger partial charge on any atom is 0.191 e. The van der Waals surface area contributed by atoms with Crippen molar-refractivity contribution in [2.75, 3.05) is 38.6 Å². The third kappa shape index (κ3) is 6.86. The second-order valence-corrected chi connectivity index (χ2v) is 7.96. The van der Waals surface area contributed by atoms with Gasteiger partial charge in [-0.15, -0.1) is 0 Å². The molecule has 140 valence electrons. The summed E-state index contributed by atoms with van der Waals surface area (Å²) < 4.78 is 19.0. The van der Waals surface area contributed by atoms with Gasteiger partial charge >= 0.3 is 0 Å². The van der Waals surface area contributed by atoms with Gasteiger partial charge in [0.1, 0.15) is 5.82 Å². The van der Waals surface area contributed by atoms with E-state index < -0.39 is 0 Å². The number of nitrogens with zero attached hydrogens (tertiary/aromatic N) is 1. The van der Waals surface area contributed by atoms with Crippen LogP contribution in [0.1, 0.15) is 32.3 Å². The van der Waals surface area contributed by atoms with Crippen LogP contribution in [0.4, 0.5) is 4.39 Å². The smallest absolute Gasteiger partial charge is 0.191 e. The third-order valence-corrected chi connectivity index (χ3v) is 5.76. The van der Waals surface area contributed by atoms with Gasteiger partial charge in [-0.25, -0.2) is 4.39 Å². The summed E-state index contributed by atoms with van der Waals surface area (Å²) in [7, 11) is 0. The molecule has 0 saturated carbocycles. The maximum atomic E-state index is 13.2. The number of hydrogen-bond acceptors (Lipinski definition) is 3. The predicted molar refractivity (Wildman–Crippen MR) is 105 cm³/mol. The lowest BCUT2D eigenvalue weighted by Gasteiger charge is -2.35. The summed E-state index contributed by atoms with van der Waals surface area (Å²) in [6, 6.07) is 6.76. The summed E-state index contributed by atoms with van der Waals surface area (Å²) in [5.74, 6) is 1.75. The zero-order valence-electron chi connectivity index (χ0n) is 15.3. The van der Waals surface area contributed by atoms with Crippen molar-refractivity contribution in [2.24, 2.45) is 4.99 Å².